The highest BCUT2D eigenvalue weighted by atomic mass is 16.5. The standard InChI is InChI=1S/C11H21N3O/c1-9(2)7-13-11-12-5-6-14(11)10(3)8-15-4/h5-6,9-10H,7-8H2,1-4H3,(H,12,13). The highest BCUT2D eigenvalue weighted by molar-refractivity contribution is 5.26. The van der Waals surface area contributed by atoms with Crippen molar-refractivity contribution in [2.24, 2.45) is 5.92 Å². The van der Waals surface area contributed by atoms with Gasteiger partial charge in [0.05, 0.1) is 12.6 Å². The van der Waals surface area contributed by atoms with E-state index < -0.39 is 0 Å². The van der Waals surface area contributed by atoms with E-state index in [2.05, 4.69) is 35.6 Å². The summed E-state index contributed by atoms with van der Waals surface area (Å²) in [6, 6.07) is 0.312. The first-order valence-electron chi connectivity index (χ1n) is 5.40. The van der Waals surface area contributed by atoms with Crippen LogP contribution in [-0.2, 0) is 4.74 Å². The Bertz CT molecular complexity index is 283. The second kappa shape index (κ2) is 5.75. The lowest BCUT2D eigenvalue weighted by Gasteiger charge is -2.16. The number of aromatic nitrogens is 2. The lowest BCUT2D eigenvalue weighted by Crippen LogP contribution is -2.16. The van der Waals surface area contributed by atoms with Crippen molar-refractivity contribution < 1.29 is 4.74 Å². The van der Waals surface area contributed by atoms with E-state index in [-0.39, 0.29) is 0 Å². The predicted octanol–water partition coefficient (Wildman–Crippen LogP) is 2.16. The van der Waals surface area contributed by atoms with Crippen LogP contribution in [0.4, 0.5) is 5.95 Å². The molecule has 0 radical (unpaired) electrons. The van der Waals surface area contributed by atoms with Crippen LogP contribution >= 0.6 is 0 Å². The van der Waals surface area contributed by atoms with E-state index >= 15 is 0 Å². The van der Waals surface area contributed by atoms with Crippen molar-refractivity contribution in [3.05, 3.63) is 12.4 Å². The fourth-order valence-electron chi connectivity index (χ4n) is 1.42. The molecule has 0 fully saturated rings. The fraction of sp³-hybridized carbons (Fsp3) is 0.727. The first kappa shape index (κ1) is 12.0. The number of anilines is 1. The number of nitrogens with zero attached hydrogens (tertiary/aromatic N) is 2. The Morgan fingerprint density at radius 3 is 2.80 bits per heavy atom. The van der Waals surface area contributed by atoms with E-state index in [0.717, 1.165) is 12.5 Å². The zero-order chi connectivity index (χ0) is 11.3. The van der Waals surface area contributed by atoms with E-state index in [1.807, 2.05) is 12.4 Å². The van der Waals surface area contributed by atoms with Gasteiger partial charge in [-0.3, -0.25) is 0 Å². The molecule has 0 aliphatic rings. The minimum absolute atomic E-state index is 0.312. The monoisotopic (exact) mass is 211 g/mol. The Balaban J connectivity index is 2.60. The normalized spacial score (nSPS) is 13.1. The summed E-state index contributed by atoms with van der Waals surface area (Å²) in [5, 5.41) is 3.33. The van der Waals surface area contributed by atoms with Crippen molar-refractivity contribution in [3.63, 3.8) is 0 Å². The first-order chi connectivity index (χ1) is 7.15. The average molecular weight is 211 g/mol. The third kappa shape index (κ3) is 3.55. The zero-order valence-electron chi connectivity index (χ0n) is 10.0. The second-order valence-corrected chi connectivity index (χ2v) is 4.24. The summed E-state index contributed by atoms with van der Waals surface area (Å²) in [6.07, 6.45) is 3.79. The van der Waals surface area contributed by atoms with E-state index in [9.17, 15) is 0 Å². The van der Waals surface area contributed by atoms with Gasteiger partial charge in [0.1, 0.15) is 0 Å². The Morgan fingerprint density at radius 1 is 1.47 bits per heavy atom. The molecule has 86 valence electrons. The van der Waals surface area contributed by atoms with Gasteiger partial charge in [0.15, 0.2) is 0 Å². The average Bonchev–Trinajstić information content (AvgIpc) is 2.62. The number of hydrogen-bond donors (Lipinski definition) is 1. The molecule has 0 spiro atoms. The summed E-state index contributed by atoms with van der Waals surface area (Å²) in [6.45, 7) is 8.12. The molecular weight excluding hydrogens is 190 g/mol. The molecule has 1 atom stereocenters. The second-order valence-electron chi connectivity index (χ2n) is 4.24. The van der Waals surface area contributed by atoms with Gasteiger partial charge in [-0.15, -0.1) is 0 Å². The number of imidazole rings is 1. The van der Waals surface area contributed by atoms with E-state index in [4.69, 9.17) is 4.74 Å². The van der Waals surface area contributed by atoms with Crippen molar-refractivity contribution in [1.82, 2.24) is 9.55 Å². The number of methoxy groups -OCH3 is 1. The molecule has 0 bridgehead atoms. The van der Waals surface area contributed by atoms with Crippen molar-refractivity contribution in [1.29, 1.82) is 0 Å². The maximum Gasteiger partial charge on any atom is 0.203 e. The molecule has 0 aromatic carbocycles. The Morgan fingerprint density at radius 2 is 2.20 bits per heavy atom. The van der Waals surface area contributed by atoms with Crippen molar-refractivity contribution in [2.45, 2.75) is 26.8 Å². The molecule has 0 aliphatic carbocycles. The summed E-state index contributed by atoms with van der Waals surface area (Å²) in [5.74, 6) is 1.54. The van der Waals surface area contributed by atoms with Crippen molar-refractivity contribution in [2.75, 3.05) is 25.6 Å². The molecular formula is C11H21N3O. The van der Waals surface area contributed by atoms with Gasteiger partial charge >= 0.3 is 0 Å². The molecule has 0 aliphatic heterocycles. The maximum atomic E-state index is 5.13. The predicted molar refractivity (Wildman–Crippen MR) is 62.1 cm³/mol. The molecule has 0 saturated heterocycles. The van der Waals surface area contributed by atoms with Gasteiger partial charge in [-0.2, -0.15) is 0 Å². The van der Waals surface area contributed by atoms with Crippen LogP contribution in [0, 0.1) is 5.92 Å². The van der Waals surface area contributed by atoms with Gasteiger partial charge in [-0.25, -0.2) is 4.98 Å². The van der Waals surface area contributed by atoms with Crippen LogP contribution in [-0.4, -0.2) is 29.8 Å². The smallest absolute Gasteiger partial charge is 0.203 e. The summed E-state index contributed by atoms with van der Waals surface area (Å²) in [5.41, 5.74) is 0. The van der Waals surface area contributed by atoms with Gasteiger partial charge < -0.3 is 14.6 Å². The van der Waals surface area contributed by atoms with Crippen LogP contribution in [0.5, 0.6) is 0 Å². The van der Waals surface area contributed by atoms with E-state index in [0.29, 0.717) is 18.6 Å². The largest absolute Gasteiger partial charge is 0.383 e. The van der Waals surface area contributed by atoms with Gasteiger partial charge in [0.25, 0.3) is 0 Å². The summed E-state index contributed by atoms with van der Waals surface area (Å²) < 4.78 is 7.23. The molecule has 1 heterocycles. The maximum absolute atomic E-state index is 5.13. The molecule has 0 saturated carbocycles. The third-order valence-corrected chi connectivity index (χ3v) is 2.22. The van der Waals surface area contributed by atoms with Crippen LogP contribution in [0.25, 0.3) is 0 Å². The van der Waals surface area contributed by atoms with Gasteiger partial charge in [-0.1, -0.05) is 13.8 Å². The van der Waals surface area contributed by atoms with Gasteiger partial charge in [0, 0.05) is 26.0 Å². The van der Waals surface area contributed by atoms with Crippen LogP contribution in [0.2, 0.25) is 0 Å². The summed E-state index contributed by atoms with van der Waals surface area (Å²) >= 11 is 0. The number of hydrogen-bond acceptors (Lipinski definition) is 3. The third-order valence-electron chi connectivity index (χ3n) is 2.22. The minimum atomic E-state index is 0.312. The number of nitrogens with one attached hydrogen (secondary N) is 1. The van der Waals surface area contributed by atoms with Crippen LogP contribution in [0.15, 0.2) is 12.4 Å². The Labute approximate surface area is 91.7 Å². The van der Waals surface area contributed by atoms with Gasteiger partial charge in [0.2, 0.25) is 5.95 Å². The first-order valence-corrected chi connectivity index (χ1v) is 5.40. The molecule has 1 aromatic heterocycles. The van der Waals surface area contributed by atoms with Crippen LogP contribution < -0.4 is 5.32 Å². The number of ether oxygens (including phenoxy) is 1. The SMILES string of the molecule is COCC(C)n1ccnc1NCC(C)C. The molecule has 15 heavy (non-hydrogen) atoms. The lowest BCUT2D eigenvalue weighted by molar-refractivity contribution is 0.163. The highest BCUT2D eigenvalue weighted by Crippen LogP contribution is 2.13. The summed E-state index contributed by atoms with van der Waals surface area (Å²) in [4.78, 5) is 4.29. The van der Waals surface area contributed by atoms with Crippen LogP contribution in [0.1, 0.15) is 26.8 Å². The molecule has 1 N–H and O–H groups in total. The molecule has 4 heteroatoms. The number of rotatable bonds is 6. The van der Waals surface area contributed by atoms with E-state index in [1.165, 1.54) is 0 Å². The van der Waals surface area contributed by atoms with Crippen LogP contribution in [0.3, 0.4) is 0 Å². The zero-order valence-corrected chi connectivity index (χ0v) is 10.0. The van der Waals surface area contributed by atoms with Gasteiger partial charge in [-0.05, 0) is 12.8 Å². The topological polar surface area (TPSA) is 39.1 Å². The highest BCUT2D eigenvalue weighted by Gasteiger charge is 2.09. The lowest BCUT2D eigenvalue weighted by atomic mass is 10.2. The quantitative estimate of drug-likeness (QED) is 0.783. The Kier molecular flexibility index (Phi) is 4.62. The molecule has 4 nitrogen and oxygen atoms in total. The molecule has 1 aromatic rings. The minimum Gasteiger partial charge on any atom is -0.383 e. The van der Waals surface area contributed by atoms with E-state index in [1.54, 1.807) is 7.11 Å². The van der Waals surface area contributed by atoms with Crippen molar-refractivity contribution >= 4 is 5.95 Å². The fourth-order valence-corrected chi connectivity index (χ4v) is 1.42. The molecule has 1 unspecified atom stereocenters. The molecule has 1 rings (SSSR count). The Hall–Kier alpha value is -1.03. The molecule has 0 amide bonds. The summed E-state index contributed by atoms with van der Waals surface area (Å²) in [7, 11) is 1.72. The van der Waals surface area contributed by atoms with Crippen molar-refractivity contribution in [3.8, 4) is 0 Å².